The first-order valence-electron chi connectivity index (χ1n) is 6.45. The number of rotatable bonds is 5. The zero-order valence-electron chi connectivity index (χ0n) is 11.1. The van der Waals surface area contributed by atoms with Crippen LogP contribution in [0.4, 0.5) is 4.39 Å². The molecule has 2 aromatic heterocycles. The average Bonchev–Trinajstić information content (AvgIpc) is 3.13. The van der Waals surface area contributed by atoms with Crippen LogP contribution in [0.1, 0.15) is 11.1 Å². The van der Waals surface area contributed by atoms with Gasteiger partial charge in [-0.05, 0) is 35.2 Å². The smallest absolute Gasteiger partial charge is 0.123 e. The maximum Gasteiger partial charge on any atom is 0.123 e. The van der Waals surface area contributed by atoms with E-state index in [2.05, 4.69) is 37.5 Å². The number of aromatic nitrogens is 2. The van der Waals surface area contributed by atoms with E-state index in [4.69, 9.17) is 0 Å². The molecule has 0 aliphatic heterocycles. The Hall–Kier alpha value is -1.50. The van der Waals surface area contributed by atoms with Crippen LogP contribution in [-0.4, -0.2) is 10.2 Å². The highest BCUT2D eigenvalue weighted by molar-refractivity contribution is 9.10. The van der Waals surface area contributed by atoms with Crippen molar-refractivity contribution in [3.63, 3.8) is 0 Å². The van der Waals surface area contributed by atoms with Gasteiger partial charge in [0, 0.05) is 23.1 Å². The van der Waals surface area contributed by atoms with Crippen LogP contribution in [0.15, 0.2) is 46.4 Å². The first-order chi connectivity index (χ1) is 10.2. The molecule has 0 aliphatic carbocycles. The Morgan fingerprint density at radius 2 is 2.10 bits per heavy atom. The summed E-state index contributed by atoms with van der Waals surface area (Å²) in [5.41, 5.74) is 3.04. The monoisotopic (exact) mass is 365 g/mol. The Labute approximate surface area is 134 Å². The van der Waals surface area contributed by atoms with Gasteiger partial charge in [-0.2, -0.15) is 5.10 Å². The number of aromatic amines is 1. The number of nitrogens with one attached hydrogen (secondary N) is 2. The summed E-state index contributed by atoms with van der Waals surface area (Å²) in [5.74, 6) is -0.224. The number of hydrogen-bond donors (Lipinski definition) is 2. The summed E-state index contributed by atoms with van der Waals surface area (Å²) < 4.78 is 14.1. The third-order valence-corrected chi connectivity index (χ3v) is 4.79. The molecule has 0 spiro atoms. The molecule has 0 radical (unpaired) electrons. The van der Waals surface area contributed by atoms with Crippen molar-refractivity contribution in [2.24, 2.45) is 0 Å². The molecule has 108 valence electrons. The van der Waals surface area contributed by atoms with Crippen LogP contribution in [0, 0.1) is 5.82 Å². The Balaban J connectivity index is 1.66. The van der Waals surface area contributed by atoms with Gasteiger partial charge in [0.1, 0.15) is 5.82 Å². The molecule has 0 atom stereocenters. The van der Waals surface area contributed by atoms with Gasteiger partial charge in [-0.1, -0.05) is 22.0 Å². The van der Waals surface area contributed by atoms with E-state index in [1.807, 2.05) is 17.6 Å². The average molecular weight is 366 g/mol. The van der Waals surface area contributed by atoms with Crippen molar-refractivity contribution in [2.75, 3.05) is 0 Å². The predicted molar refractivity (Wildman–Crippen MR) is 86.5 cm³/mol. The highest BCUT2D eigenvalue weighted by atomic mass is 79.9. The minimum absolute atomic E-state index is 0.224. The van der Waals surface area contributed by atoms with E-state index < -0.39 is 0 Å². The molecular formula is C15H13BrFN3S. The fourth-order valence-electron chi connectivity index (χ4n) is 2.09. The van der Waals surface area contributed by atoms with E-state index in [0.717, 1.165) is 26.2 Å². The van der Waals surface area contributed by atoms with Gasteiger partial charge < -0.3 is 5.32 Å². The summed E-state index contributed by atoms with van der Waals surface area (Å²) >= 11 is 5.10. The molecule has 3 aromatic rings. The third kappa shape index (κ3) is 3.40. The standard InChI is InChI=1S/C15H13BrFN3S/c16-13-4-3-12(17)6-10(13)7-18-8-11-9-19-20-15(11)14-2-1-5-21-14/h1-6,9,18H,7-8H2,(H,19,20). The van der Waals surface area contributed by atoms with Gasteiger partial charge in [-0.15, -0.1) is 11.3 Å². The Morgan fingerprint density at radius 1 is 1.24 bits per heavy atom. The van der Waals surface area contributed by atoms with Crippen molar-refractivity contribution in [2.45, 2.75) is 13.1 Å². The van der Waals surface area contributed by atoms with Gasteiger partial charge >= 0.3 is 0 Å². The van der Waals surface area contributed by atoms with Crippen LogP contribution in [0.2, 0.25) is 0 Å². The van der Waals surface area contributed by atoms with E-state index in [-0.39, 0.29) is 5.82 Å². The summed E-state index contributed by atoms with van der Waals surface area (Å²) in [6.45, 7) is 1.26. The van der Waals surface area contributed by atoms with Crippen LogP contribution in [0.3, 0.4) is 0 Å². The summed E-state index contributed by atoms with van der Waals surface area (Å²) in [7, 11) is 0. The molecular weight excluding hydrogens is 353 g/mol. The quantitative estimate of drug-likeness (QED) is 0.706. The largest absolute Gasteiger partial charge is 0.308 e. The number of halogens is 2. The molecule has 2 heterocycles. The molecule has 0 amide bonds. The lowest BCUT2D eigenvalue weighted by Gasteiger charge is -2.07. The molecule has 0 aliphatic rings. The number of H-pyrrole nitrogens is 1. The third-order valence-electron chi connectivity index (χ3n) is 3.12. The highest BCUT2D eigenvalue weighted by Crippen LogP contribution is 2.25. The minimum Gasteiger partial charge on any atom is -0.308 e. The zero-order chi connectivity index (χ0) is 14.7. The molecule has 0 saturated carbocycles. The van der Waals surface area contributed by atoms with Gasteiger partial charge in [0.05, 0.1) is 16.8 Å². The molecule has 21 heavy (non-hydrogen) atoms. The molecule has 6 heteroatoms. The molecule has 0 saturated heterocycles. The van der Waals surface area contributed by atoms with Gasteiger partial charge in [0.25, 0.3) is 0 Å². The fraction of sp³-hybridized carbons (Fsp3) is 0.133. The topological polar surface area (TPSA) is 40.7 Å². The van der Waals surface area contributed by atoms with E-state index in [9.17, 15) is 4.39 Å². The fourth-order valence-corrected chi connectivity index (χ4v) is 3.23. The van der Waals surface area contributed by atoms with Gasteiger partial charge in [-0.25, -0.2) is 4.39 Å². The minimum atomic E-state index is -0.224. The number of nitrogens with zero attached hydrogens (tertiary/aromatic N) is 1. The highest BCUT2D eigenvalue weighted by Gasteiger charge is 2.08. The Kier molecular flexibility index (Phi) is 4.48. The van der Waals surface area contributed by atoms with Gasteiger partial charge in [-0.3, -0.25) is 5.10 Å². The van der Waals surface area contributed by atoms with E-state index in [1.54, 1.807) is 17.4 Å². The maximum absolute atomic E-state index is 13.2. The zero-order valence-corrected chi connectivity index (χ0v) is 13.5. The van der Waals surface area contributed by atoms with Crippen molar-refractivity contribution in [1.82, 2.24) is 15.5 Å². The van der Waals surface area contributed by atoms with Crippen molar-refractivity contribution in [3.8, 4) is 10.6 Å². The van der Waals surface area contributed by atoms with Crippen molar-refractivity contribution in [3.05, 3.63) is 63.3 Å². The first-order valence-corrected chi connectivity index (χ1v) is 8.12. The van der Waals surface area contributed by atoms with E-state index in [0.29, 0.717) is 13.1 Å². The van der Waals surface area contributed by atoms with Crippen molar-refractivity contribution < 1.29 is 4.39 Å². The number of benzene rings is 1. The van der Waals surface area contributed by atoms with Crippen LogP contribution in [-0.2, 0) is 13.1 Å². The van der Waals surface area contributed by atoms with E-state index in [1.165, 1.54) is 12.1 Å². The molecule has 0 fully saturated rings. The summed E-state index contributed by atoms with van der Waals surface area (Å²) in [6, 6.07) is 8.78. The molecule has 0 bridgehead atoms. The molecule has 2 N–H and O–H groups in total. The second-order valence-corrected chi connectivity index (χ2v) is 6.39. The van der Waals surface area contributed by atoms with Gasteiger partial charge in [0.15, 0.2) is 0 Å². The molecule has 1 aromatic carbocycles. The van der Waals surface area contributed by atoms with Crippen LogP contribution >= 0.6 is 27.3 Å². The lowest BCUT2D eigenvalue weighted by Crippen LogP contribution is -2.13. The number of hydrogen-bond acceptors (Lipinski definition) is 3. The SMILES string of the molecule is Fc1ccc(Br)c(CNCc2cn[nH]c2-c2cccs2)c1. The van der Waals surface area contributed by atoms with Crippen molar-refractivity contribution in [1.29, 1.82) is 0 Å². The van der Waals surface area contributed by atoms with Gasteiger partial charge in [0.2, 0.25) is 0 Å². The predicted octanol–water partition coefficient (Wildman–Crippen LogP) is 4.33. The Morgan fingerprint density at radius 3 is 2.90 bits per heavy atom. The van der Waals surface area contributed by atoms with Crippen LogP contribution in [0.5, 0.6) is 0 Å². The lowest BCUT2D eigenvalue weighted by atomic mass is 10.2. The van der Waals surface area contributed by atoms with Crippen LogP contribution < -0.4 is 5.32 Å². The Bertz CT molecular complexity index is 724. The first kappa shape index (κ1) is 14.4. The van der Waals surface area contributed by atoms with E-state index >= 15 is 0 Å². The van der Waals surface area contributed by atoms with Crippen LogP contribution in [0.25, 0.3) is 10.6 Å². The normalized spacial score (nSPS) is 11.0. The molecule has 0 unspecified atom stereocenters. The second-order valence-electron chi connectivity index (χ2n) is 4.59. The maximum atomic E-state index is 13.2. The summed E-state index contributed by atoms with van der Waals surface area (Å²) in [6.07, 6.45) is 1.82. The van der Waals surface area contributed by atoms with Crippen molar-refractivity contribution >= 4 is 27.3 Å². The molecule has 3 rings (SSSR count). The second kappa shape index (κ2) is 6.51. The lowest BCUT2D eigenvalue weighted by molar-refractivity contribution is 0.619. The number of thiophene rings is 1. The molecule has 3 nitrogen and oxygen atoms in total. The summed E-state index contributed by atoms with van der Waals surface area (Å²) in [5, 5.41) is 12.5. The summed E-state index contributed by atoms with van der Waals surface area (Å²) in [4.78, 5) is 1.16.